The maximum Gasteiger partial charge on any atom is 0.323 e. The first-order valence-corrected chi connectivity index (χ1v) is 6.00. The Morgan fingerprint density at radius 2 is 2.11 bits per heavy atom. The average molecular weight is 273 g/mol. The number of carbonyl (C=O) groups excluding carboxylic acids is 2. The zero-order chi connectivity index (χ0) is 14.4. The molecule has 1 aliphatic rings. The van der Waals surface area contributed by atoms with Crippen molar-refractivity contribution in [1.82, 2.24) is 9.80 Å². The summed E-state index contributed by atoms with van der Waals surface area (Å²) in [6, 6.07) is -0.497. The van der Waals surface area contributed by atoms with Crippen molar-refractivity contribution in [3.05, 3.63) is 0 Å². The van der Waals surface area contributed by atoms with E-state index in [4.69, 9.17) is 15.6 Å². The molecule has 3 N–H and O–H groups in total. The van der Waals surface area contributed by atoms with E-state index in [0.29, 0.717) is 13.1 Å². The van der Waals surface area contributed by atoms with Gasteiger partial charge in [0.25, 0.3) is 0 Å². The summed E-state index contributed by atoms with van der Waals surface area (Å²) in [6.07, 6.45) is 1.58. The minimum Gasteiger partial charge on any atom is -0.480 e. The van der Waals surface area contributed by atoms with Gasteiger partial charge >= 0.3 is 12.0 Å². The van der Waals surface area contributed by atoms with Gasteiger partial charge in [-0.05, 0) is 12.8 Å². The molecule has 0 radical (unpaired) electrons. The number of likely N-dealkylation sites (tertiary alicyclic amines) is 1. The van der Waals surface area contributed by atoms with Crippen LogP contribution in [-0.2, 0) is 14.3 Å². The number of nitrogens with zero attached hydrogens (tertiary/aromatic N) is 2. The van der Waals surface area contributed by atoms with E-state index in [1.54, 1.807) is 7.11 Å². The highest BCUT2D eigenvalue weighted by Gasteiger charge is 2.28. The fourth-order valence-corrected chi connectivity index (χ4v) is 2.05. The van der Waals surface area contributed by atoms with E-state index in [1.165, 1.54) is 4.90 Å². The van der Waals surface area contributed by atoms with Crippen LogP contribution in [0.25, 0.3) is 0 Å². The van der Waals surface area contributed by atoms with Gasteiger partial charge in [-0.25, -0.2) is 4.79 Å². The van der Waals surface area contributed by atoms with Gasteiger partial charge in [0, 0.05) is 20.2 Å². The molecule has 8 heteroatoms. The number of piperidine rings is 1. The third-order valence-electron chi connectivity index (χ3n) is 2.93. The fourth-order valence-electron chi connectivity index (χ4n) is 2.05. The van der Waals surface area contributed by atoms with E-state index in [9.17, 15) is 14.4 Å². The van der Waals surface area contributed by atoms with Crippen LogP contribution in [0.5, 0.6) is 0 Å². The van der Waals surface area contributed by atoms with E-state index in [-0.39, 0.29) is 6.10 Å². The lowest BCUT2D eigenvalue weighted by Gasteiger charge is -2.35. The largest absolute Gasteiger partial charge is 0.480 e. The minimum absolute atomic E-state index is 0.0574. The fraction of sp³-hybridized carbons (Fsp3) is 0.727. The van der Waals surface area contributed by atoms with Gasteiger partial charge in [-0.2, -0.15) is 0 Å². The van der Waals surface area contributed by atoms with Gasteiger partial charge in [0.2, 0.25) is 5.91 Å². The molecule has 0 aromatic carbocycles. The lowest BCUT2D eigenvalue weighted by Crippen LogP contribution is -2.52. The maximum absolute atomic E-state index is 12.2. The summed E-state index contributed by atoms with van der Waals surface area (Å²) in [5.74, 6) is -1.93. The number of aliphatic carboxylic acids is 1. The van der Waals surface area contributed by atoms with E-state index in [2.05, 4.69) is 0 Å². The Kier molecular flexibility index (Phi) is 5.56. The van der Waals surface area contributed by atoms with Crippen molar-refractivity contribution in [1.29, 1.82) is 0 Å². The zero-order valence-electron chi connectivity index (χ0n) is 10.9. The highest BCUT2D eigenvalue weighted by Crippen LogP contribution is 2.14. The molecule has 1 aliphatic heterocycles. The minimum atomic E-state index is -1.19. The van der Waals surface area contributed by atoms with E-state index >= 15 is 0 Å². The molecule has 0 saturated carbocycles. The van der Waals surface area contributed by atoms with Crippen LogP contribution in [0.1, 0.15) is 12.8 Å². The quantitative estimate of drug-likeness (QED) is 0.673. The van der Waals surface area contributed by atoms with E-state index in [0.717, 1.165) is 17.7 Å². The lowest BCUT2D eigenvalue weighted by atomic mass is 10.1. The van der Waals surface area contributed by atoms with Gasteiger partial charge in [0.05, 0.1) is 6.10 Å². The second kappa shape index (κ2) is 6.93. The van der Waals surface area contributed by atoms with Gasteiger partial charge < -0.3 is 25.4 Å². The van der Waals surface area contributed by atoms with Gasteiger partial charge in [-0.1, -0.05) is 0 Å². The molecule has 1 rings (SSSR count). The first-order chi connectivity index (χ1) is 8.93. The Hall–Kier alpha value is -1.83. The van der Waals surface area contributed by atoms with Crippen LogP contribution in [0.3, 0.4) is 0 Å². The number of nitrogens with two attached hydrogens (primary N) is 1. The molecule has 0 aromatic rings. The second-order valence-electron chi connectivity index (χ2n) is 4.44. The Morgan fingerprint density at radius 3 is 2.63 bits per heavy atom. The van der Waals surface area contributed by atoms with Gasteiger partial charge in [0.1, 0.15) is 13.1 Å². The molecule has 1 atom stereocenters. The number of ether oxygens (including phenoxy) is 1. The van der Waals surface area contributed by atoms with Crippen molar-refractivity contribution < 1.29 is 24.2 Å². The molecule has 108 valence electrons. The second-order valence-corrected chi connectivity index (χ2v) is 4.44. The van der Waals surface area contributed by atoms with Crippen LogP contribution in [0, 0.1) is 0 Å². The first-order valence-electron chi connectivity index (χ1n) is 6.00. The highest BCUT2D eigenvalue weighted by molar-refractivity contribution is 5.86. The summed E-state index contributed by atoms with van der Waals surface area (Å²) in [7, 11) is 1.57. The van der Waals surface area contributed by atoms with Crippen LogP contribution >= 0.6 is 0 Å². The van der Waals surface area contributed by atoms with Crippen molar-refractivity contribution in [3.63, 3.8) is 0 Å². The third-order valence-corrected chi connectivity index (χ3v) is 2.93. The summed E-state index contributed by atoms with van der Waals surface area (Å²) in [6.45, 7) is -0.0347. The number of methoxy groups -OCH3 is 1. The Bertz CT molecular complexity index is 344. The molecule has 3 amide bonds. The molecule has 1 fully saturated rings. The monoisotopic (exact) mass is 273 g/mol. The Morgan fingerprint density at radius 1 is 1.42 bits per heavy atom. The van der Waals surface area contributed by atoms with Crippen LogP contribution in [-0.4, -0.2) is 72.2 Å². The number of carboxylic acids is 1. The molecule has 0 spiro atoms. The Labute approximate surface area is 111 Å². The molecule has 8 nitrogen and oxygen atoms in total. The lowest BCUT2D eigenvalue weighted by molar-refractivity contribution is -0.138. The number of carboxylic acid groups (broad SMARTS) is 1. The van der Waals surface area contributed by atoms with E-state index in [1.807, 2.05) is 0 Å². The van der Waals surface area contributed by atoms with Gasteiger partial charge in [-0.15, -0.1) is 0 Å². The molecule has 0 aromatic heterocycles. The van der Waals surface area contributed by atoms with Crippen molar-refractivity contribution in [2.75, 3.05) is 33.3 Å². The Balaban J connectivity index is 2.68. The molecule has 1 heterocycles. The zero-order valence-corrected chi connectivity index (χ0v) is 10.9. The van der Waals surface area contributed by atoms with Crippen LogP contribution in [0.15, 0.2) is 0 Å². The first kappa shape index (κ1) is 15.2. The van der Waals surface area contributed by atoms with Crippen molar-refractivity contribution in [2.24, 2.45) is 5.73 Å². The number of rotatable bonds is 5. The number of amides is 3. The summed E-state index contributed by atoms with van der Waals surface area (Å²) in [5.41, 5.74) is 5.02. The molecule has 0 bridgehead atoms. The van der Waals surface area contributed by atoms with Crippen LogP contribution in [0.4, 0.5) is 4.79 Å². The summed E-state index contributed by atoms with van der Waals surface area (Å²) in [5, 5.41) is 8.75. The summed E-state index contributed by atoms with van der Waals surface area (Å²) in [4.78, 5) is 36.2. The number of urea groups is 1. The third kappa shape index (κ3) is 4.74. The van der Waals surface area contributed by atoms with Crippen molar-refractivity contribution in [3.8, 4) is 0 Å². The highest BCUT2D eigenvalue weighted by atomic mass is 16.5. The summed E-state index contributed by atoms with van der Waals surface area (Å²) < 4.78 is 5.19. The van der Waals surface area contributed by atoms with Gasteiger partial charge in [0.15, 0.2) is 0 Å². The van der Waals surface area contributed by atoms with Crippen LogP contribution in [0.2, 0.25) is 0 Å². The number of hydrogen-bond donors (Lipinski definition) is 2. The maximum atomic E-state index is 12.2. The van der Waals surface area contributed by atoms with Gasteiger partial charge in [-0.3, -0.25) is 9.59 Å². The van der Waals surface area contributed by atoms with Crippen LogP contribution < -0.4 is 5.73 Å². The molecule has 1 unspecified atom stereocenters. The molecular weight excluding hydrogens is 254 g/mol. The normalized spacial score (nSPS) is 19.0. The summed E-state index contributed by atoms with van der Waals surface area (Å²) >= 11 is 0. The molecule has 1 saturated heterocycles. The molecule has 19 heavy (non-hydrogen) atoms. The standard InChI is InChI=1S/C11H19N3O5/c1-19-8-3-2-4-13(5-8)11(18)14(6-9(12)15)7-10(16)17/h8H,2-7H2,1H3,(H2,12,15)(H,16,17). The predicted octanol–water partition coefficient (Wildman–Crippen LogP) is -0.911. The molecular formula is C11H19N3O5. The molecule has 0 aliphatic carbocycles. The van der Waals surface area contributed by atoms with E-state index < -0.39 is 31.0 Å². The predicted molar refractivity (Wildman–Crippen MR) is 65.4 cm³/mol. The van der Waals surface area contributed by atoms with Crippen molar-refractivity contribution >= 4 is 17.9 Å². The average Bonchev–Trinajstić information content (AvgIpc) is 2.36. The SMILES string of the molecule is COC1CCCN(C(=O)N(CC(N)=O)CC(=O)O)C1. The number of primary amides is 1. The number of hydrogen-bond acceptors (Lipinski definition) is 4. The smallest absolute Gasteiger partial charge is 0.323 e. The van der Waals surface area contributed by atoms with Crippen molar-refractivity contribution in [2.45, 2.75) is 18.9 Å². The topological polar surface area (TPSA) is 113 Å². The number of carbonyl (C=O) groups is 3.